The van der Waals surface area contributed by atoms with Gasteiger partial charge in [0.25, 0.3) is 0 Å². The average molecular weight is 387 g/mol. The van der Waals surface area contributed by atoms with Crippen molar-refractivity contribution in [1.29, 1.82) is 0 Å². The number of benzene rings is 1. The third kappa shape index (κ3) is 3.92. The van der Waals surface area contributed by atoms with Gasteiger partial charge in [0.1, 0.15) is 0 Å². The first kappa shape index (κ1) is 17.1. The Morgan fingerprint density at radius 3 is 2.96 bits per heavy atom. The zero-order valence-electron chi connectivity index (χ0n) is 14.1. The molecular formula is C19H19ClN4OS. The van der Waals surface area contributed by atoms with E-state index in [1.165, 1.54) is 4.88 Å². The maximum atomic E-state index is 12.3. The average Bonchev–Trinajstić information content (AvgIpc) is 3.37. The number of amides is 1. The molecule has 2 N–H and O–H groups in total. The minimum Gasteiger partial charge on any atom is -0.353 e. The van der Waals surface area contributed by atoms with Gasteiger partial charge < -0.3 is 10.2 Å². The summed E-state index contributed by atoms with van der Waals surface area (Å²) in [5, 5.41) is 13.4. The van der Waals surface area contributed by atoms with Crippen molar-refractivity contribution >= 4 is 34.7 Å². The van der Waals surface area contributed by atoms with E-state index in [1.54, 1.807) is 11.3 Å². The lowest BCUT2D eigenvalue weighted by Crippen LogP contribution is -2.38. The molecule has 4 rings (SSSR count). The number of aromatic nitrogens is 2. The second-order valence-corrected chi connectivity index (χ2v) is 7.80. The zero-order chi connectivity index (χ0) is 17.9. The third-order valence-corrected chi connectivity index (χ3v) is 5.66. The third-order valence-electron chi connectivity index (χ3n) is 4.51. The van der Waals surface area contributed by atoms with Gasteiger partial charge in [-0.1, -0.05) is 29.8 Å². The van der Waals surface area contributed by atoms with Gasteiger partial charge in [-0.2, -0.15) is 5.10 Å². The van der Waals surface area contributed by atoms with Gasteiger partial charge in [-0.05, 0) is 35.6 Å². The van der Waals surface area contributed by atoms with Gasteiger partial charge in [-0.15, -0.1) is 11.3 Å². The van der Waals surface area contributed by atoms with E-state index in [0.717, 1.165) is 36.6 Å². The first-order valence-corrected chi connectivity index (χ1v) is 9.81. The topological polar surface area (TPSA) is 61.0 Å². The van der Waals surface area contributed by atoms with E-state index in [4.69, 9.17) is 11.6 Å². The smallest absolute Gasteiger partial charge is 0.224 e. The highest BCUT2D eigenvalue weighted by atomic mass is 35.5. The van der Waals surface area contributed by atoms with Gasteiger partial charge >= 0.3 is 0 Å². The van der Waals surface area contributed by atoms with Crippen molar-refractivity contribution in [3.63, 3.8) is 0 Å². The Hall–Kier alpha value is -2.31. The zero-order valence-corrected chi connectivity index (χ0v) is 15.7. The van der Waals surface area contributed by atoms with Crippen LogP contribution in [0.1, 0.15) is 12.0 Å². The van der Waals surface area contributed by atoms with Gasteiger partial charge in [0, 0.05) is 30.2 Å². The second kappa shape index (κ2) is 7.51. The fourth-order valence-electron chi connectivity index (χ4n) is 3.18. The van der Waals surface area contributed by atoms with Crippen LogP contribution in [-0.4, -0.2) is 35.2 Å². The van der Waals surface area contributed by atoms with Gasteiger partial charge in [0.05, 0.1) is 17.0 Å². The molecule has 134 valence electrons. The molecule has 5 nitrogen and oxygen atoms in total. The number of thiophene rings is 1. The molecule has 3 heterocycles. The molecule has 1 amide bonds. The first-order chi connectivity index (χ1) is 12.7. The van der Waals surface area contributed by atoms with Crippen LogP contribution in [0.5, 0.6) is 0 Å². The lowest BCUT2D eigenvalue weighted by molar-refractivity contribution is -0.121. The molecular weight excluding hydrogens is 368 g/mol. The molecule has 1 aliphatic heterocycles. The summed E-state index contributed by atoms with van der Waals surface area (Å²) in [6, 6.07) is 13.7. The molecule has 2 aromatic heterocycles. The van der Waals surface area contributed by atoms with Crippen molar-refractivity contribution < 1.29 is 4.79 Å². The molecule has 3 aromatic rings. The summed E-state index contributed by atoms with van der Waals surface area (Å²) in [6.07, 6.45) is 1.30. The van der Waals surface area contributed by atoms with Crippen LogP contribution in [0.4, 0.5) is 5.82 Å². The maximum absolute atomic E-state index is 12.3. The van der Waals surface area contributed by atoms with Crippen LogP contribution < -0.4 is 10.2 Å². The number of hydrogen-bond donors (Lipinski definition) is 2. The SMILES string of the molecule is O=C(Cc1ccc(Cl)cc1)NC1CCN(c2cc(-c3cccs3)[nH]n2)C1. The summed E-state index contributed by atoms with van der Waals surface area (Å²) in [5.74, 6) is 0.975. The number of anilines is 1. The number of aromatic amines is 1. The number of nitrogens with one attached hydrogen (secondary N) is 2. The molecule has 1 fully saturated rings. The van der Waals surface area contributed by atoms with Gasteiger partial charge in [0.2, 0.25) is 5.91 Å². The molecule has 0 aliphatic carbocycles. The van der Waals surface area contributed by atoms with Crippen molar-refractivity contribution in [2.24, 2.45) is 0 Å². The Morgan fingerprint density at radius 1 is 1.35 bits per heavy atom. The first-order valence-electron chi connectivity index (χ1n) is 8.55. The predicted molar refractivity (Wildman–Crippen MR) is 106 cm³/mol. The van der Waals surface area contributed by atoms with E-state index in [-0.39, 0.29) is 11.9 Å². The van der Waals surface area contributed by atoms with E-state index in [9.17, 15) is 4.79 Å². The van der Waals surface area contributed by atoms with Crippen LogP contribution >= 0.6 is 22.9 Å². The van der Waals surface area contributed by atoms with Crippen molar-refractivity contribution in [2.45, 2.75) is 18.9 Å². The number of H-pyrrole nitrogens is 1. The Bertz CT molecular complexity index is 875. The molecule has 1 unspecified atom stereocenters. The Labute approximate surface area is 161 Å². The van der Waals surface area contributed by atoms with Crippen LogP contribution in [0.15, 0.2) is 47.8 Å². The summed E-state index contributed by atoms with van der Waals surface area (Å²) in [4.78, 5) is 15.7. The number of nitrogens with zero attached hydrogens (tertiary/aromatic N) is 2. The van der Waals surface area contributed by atoms with Crippen LogP contribution in [-0.2, 0) is 11.2 Å². The number of carbonyl (C=O) groups is 1. The number of carbonyl (C=O) groups excluding carboxylic acids is 1. The molecule has 0 bridgehead atoms. The van der Waals surface area contributed by atoms with E-state index >= 15 is 0 Å². The summed E-state index contributed by atoms with van der Waals surface area (Å²) < 4.78 is 0. The highest BCUT2D eigenvalue weighted by Gasteiger charge is 2.25. The minimum atomic E-state index is 0.0421. The standard InChI is InChI=1S/C19H19ClN4OS/c20-14-5-3-13(4-6-14)10-19(25)21-15-7-8-24(12-15)18-11-16(22-23-18)17-2-1-9-26-17/h1-6,9,11,15H,7-8,10,12H2,(H,21,25)(H,22,23). The van der Waals surface area contributed by atoms with Crippen molar-refractivity contribution in [1.82, 2.24) is 15.5 Å². The summed E-state index contributed by atoms with van der Waals surface area (Å²) >= 11 is 7.57. The molecule has 0 radical (unpaired) electrons. The van der Waals surface area contributed by atoms with Gasteiger partial charge in [-0.25, -0.2) is 0 Å². The fourth-order valence-corrected chi connectivity index (χ4v) is 4.00. The number of rotatable bonds is 5. The highest BCUT2D eigenvalue weighted by molar-refractivity contribution is 7.13. The second-order valence-electron chi connectivity index (χ2n) is 6.42. The van der Waals surface area contributed by atoms with Crippen LogP contribution in [0, 0.1) is 0 Å². The Kier molecular flexibility index (Phi) is 4.95. The largest absolute Gasteiger partial charge is 0.353 e. The van der Waals surface area contributed by atoms with Gasteiger partial charge in [0.15, 0.2) is 5.82 Å². The molecule has 7 heteroatoms. The van der Waals surface area contributed by atoms with Crippen molar-refractivity contribution in [2.75, 3.05) is 18.0 Å². The molecule has 26 heavy (non-hydrogen) atoms. The van der Waals surface area contributed by atoms with E-state index < -0.39 is 0 Å². The predicted octanol–water partition coefficient (Wildman–Crippen LogP) is 3.73. The lowest BCUT2D eigenvalue weighted by Gasteiger charge is -2.16. The molecule has 1 saturated heterocycles. The fraction of sp³-hybridized carbons (Fsp3) is 0.263. The van der Waals surface area contributed by atoms with E-state index in [2.05, 4.69) is 37.9 Å². The summed E-state index contributed by atoms with van der Waals surface area (Å²) in [5.41, 5.74) is 2.00. The highest BCUT2D eigenvalue weighted by Crippen LogP contribution is 2.27. The van der Waals surface area contributed by atoms with Crippen molar-refractivity contribution in [3.8, 4) is 10.6 Å². The van der Waals surface area contributed by atoms with Crippen LogP contribution in [0.3, 0.4) is 0 Å². The summed E-state index contributed by atoms with van der Waals surface area (Å²) in [7, 11) is 0. The maximum Gasteiger partial charge on any atom is 0.224 e. The van der Waals surface area contributed by atoms with Crippen molar-refractivity contribution in [3.05, 3.63) is 58.4 Å². The number of hydrogen-bond acceptors (Lipinski definition) is 4. The lowest BCUT2D eigenvalue weighted by atomic mass is 10.1. The Balaban J connectivity index is 1.32. The van der Waals surface area contributed by atoms with Crippen LogP contribution in [0.25, 0.3) is 10.6 Å². The van der Waals surface area contributed by atoms with E-state index in [0.29, 0.717) is 11.4 Å². The molecule has 0 spiro atoms. The Morgan fingerprint density at radius 2 is 2.19 bits per heavy atom. The molecule has 1 aliphatic rings. The number of halogens is 1. The van der Waals surface area contributed by atoms with E-state index in [1.807, 2.05) is 30.3 Å². The van der Waals surface area contributed by atoms with Gasteiger partial charge in [-0.3, -0.25) is 9.89 Å². The molecule has 1 atom stereocenters. The minimum absolute atomic E-state index is 0.0421. The monoisotopic (exact) mass is 386 g/mol. The molecule has 0 saturated carbocycles. The van der Waals surface area contributed by atoms with Crippen LogP contribution in [0.2, 0.25) is 5.02 Å². The molecule has 1 aromatic carbocycles. The normalized spacial score (nSPS) is 16.8. The quantitative estimate of drug-likeness (QED) is 0.702. The summed E-state index contributed by atoms with van der Waals surface area (Å²) in [6.45, 7) is 1.67.